The molecule has 0 aliphatic carbocycles. The normalized spacial score (nSPS) is 18.8. The van der Waals surface area contributed by atoms with Gasteiger partial charge in [-0.1, -0.05) is 0 Å². The summed E-state index contributed by atoms with van der Waals surface area (Å²) in [6, 6.07) is -0.847. The molecular formula is C19H35N3O5. The van der Waals surface area contributed by atoms with Crippen molar-refractivity contribution in [3.63, 3.8) is 0 Å². The van der Waals surface area contributed by atoms with Crippen LogP contribution >= 0.6 is 0 Å². The van der Waals surface area contributed by atoms with Crippen LogP contribution in [0.3, 0.4) is 0 Å². The van der Waals surface area contributed by atoms with Crippen LogP contribution in [0.25, 0.3) is 0 Å². The third-order valence-electron chi connectivity index (χ3n) is 3.46. The molecule has 1 heterocycles. The van der Waals surface area contributed by atoms with Crippen molar-refractivity contribution in [3.8, 4) is 0 Å². The van der Waals surface area contributed by atoms with Gasteiger partial charge in [-0.25, -0.2) is 9.59 Å². The topological polar surface area (TPSA) is 88.2 Å². The van der Waals surface area contributed by atoms with Crippen LogP contribution in [0, 0.1) is 0 Å². The Hall–Kier alpha value is -1.99. The molecule has 1 atom stereocenters. The van der Waals surface area contributed by atoms with Crippen LogP contribution in [0.2, 0.25) is 0 Å². The van der Waals surface area contributed by atoms with Gasteiger partial charge in [0.1, 0.15) is 17.2 Å². The maximum atomic E-state index is 12.8. The third kappa shape index (κ3) is 8.05. The molecule has 0 aromatic heterocycles. The zero-order chi connectivity index (χ0) is 21.2. The van der Waals surface area contributed by atoms with Gasteiger partial charge in [-0.15, -0.1) is 0 Å². The minimum Gasteiger partial charge on any atom is -0.444 e. The van der Waals surface area contributed by atoms with Gasteiger partial charge in [-0.2, -0.15) is 0 Å². The fourth-order valence-corrected chi connectivity index (χ4v) is 2.49. The number of carbonyl (C=O) groups excluding carboxylic acids is 3. The lowest BCUT2D eigenvalue weighted by atomic mass is 10.1. The predicted octanol–water partition coefficient (Wildman–Crippen LogP) is 2.76. The molecule has 1 aliphatic rings. The molecule has 156 valence electrons. The van der Waals surface area contributed by atoms with Crippen LogP contribution < -0.4 is 5.32 Å². The molecule has 1 aliphatic heterocycles. The molecule has 8 heteroatoms. The number of hydrogen-bond acceptors (Lipinski definition) is 5. The van der Waals surface area contributed by atoms with Crippen molar-refractivity contribution in [3.05, 3.63) is 0 Å². The highest BCUT2D eigenvalue weighted by Gasteiger charge is 2.40. The average molecular weight is 386 g/mol. The van der Waals surface area contributed by atoms with E-state index in [1.54, 1.807) is 41.5 Å². The van der Waals surface area contributed by atoms with Gasteiger partial charge < -0.3 is 19.7 Å². The second kappa shape index (κ2) is 7.94. The Labute approximate surface area is 162 Å². The summed E-state index contributed by atoms with van der Waals surface area (Å²) in [6.45, 7) is 16.7. The first-order valence-electron chi connectivity index (χ1n) is 9.28. The van der Waals surface area contributed by atoms with Gasteiger partial charge >= 0.3 is 12.2 Å². The monoisotopic (exact) mass is 385 g/mol. The molecule has 0 saturated carbocycles. The number of rotatable bonds is 1. The van der Waals surface area contributed by atoms with Crippen molar-refractivity contribution in [2.75, 3.05) is 19.6 Å². The second-order valence-electron chi connectivity index (χ2n) is 9.86. The van der Waals surface area contributed by atoms with Crippen molar-refractivity contribution in [2.45, 2.75) is 85.1 Å². The van der Waals surface area contributed by atoms with Gasteiger partial charge in [0, 0.05) is 18.6 Å². The van der Waals surface area contributed by atoms with Gasteiger partial charge in [0.05, 0.1) is 6.54 Å². The van der Waals surface area contributed by atoms with Crippen molar-refractivity contribution >= 4 is 18.1 Å². The van der Waals surface area contributed by atoms with E-state index in [2.05, 4.69) is 5.32 Å². The van der Waals surface area contributed by atoms with Gasteiger partial charge in [-0.05, 0) is 62.3 Å². The van der Waals surface area contributed by atoms with E-state index in [9.17, 15) is 14.4 Å². The molecule has 0 radical (unpaired) electrons. The van der Waals surface area contributed by atoms with Gasteiger partial charge in [0.15, 0.2) is 0 Å². The van der Waals surface area contributed by atoms with Gasteiger partial charge in [0.2, 0.25) is 5.91 Å². The SMILES string of the molecule is CC(C)(C)NC(=O)[C@H]1CN(C(=O)OC(C)(C)C)CCN1C(=O)OC(C)(C)C. The molecule has 0 unspecified atom stereocenters. The first kappa shape index (κ1) is 23.0. The molecule has 3 amide bonds. The Morgan fingerprint density at radius 1 is 0.815 bits per heavy atom. The van der Waals surface area contributed by atoms with E-state index in [0.717, 1.165) is 0 Å². The highest BCUT2D eigenvalue weighted by Crippen LogP contribution is 2.19. The molecule has 0 spiro atoms. The van der Waals surface area contributed by atoms with Crippen molar-refractivity contribution < 1.29 is 23.9 Å². The minimum absolute atomic E-state index is 0.0517. The summed E-state index contributed by atoms with van der Waals surface area (Å²) in [5, 5.41) is 2.88. The van der Waals surface area contributed by atoms with Crippen LogP contribution in [-0.2, 0) is 14.3 Å². The highest BCUT2D eigenvalue weighted by atomic mass is 16.6. The second-order valence-corrected chi connectivity index (χ2v) is 9.86. The number of nitrogens with zero attached hydrogens (tertiary/aromatic N) is 2. The predicted molar refractivity (Wildman–Crippen MR) is 102 cm³/mol. The van der Waals surface area contributed by atoms with Crippen LogP contribution in [0.4, 0.5) is 9.59 Å². The molecule has 0 bridgehead atoms. The van der Waals surface area contributed by atoms with E-state index in [4.69, 9.17) is 9.47 Å². The molecule has 27 heavy (non-hydrogen) atoms. The first-order chi connectivity index (χ1) is 12.0. The number of ether oxygens (including phenoxy) is 2. The number of piperazine rings is 1. The molecule has 1 saturated heterocycles. The quantitative estimate of drug-likeness (QED) is 0.750. The summed E-state index contributed by atoms with van der Waals surface area (Å²) < 4.78 is 10.8. The van der Waals surface area contributed by atoms with Crippen LogP contribution in [0.15, 0.2) is 0 Å². The van der Waals surface area contributed by atoms with E-state index in [-0.39, 0.29) is 25.5 Å². The molecule has 1 rings (SSSR count). The van der Waals surface area contributed by atoms with Gasteiger partial charge in [0.25, 0.3) is 0 Å². The Kier molecular flexibility index (Phi) is 6.78. The average Bonchev–Trinajstić information content (AvgIpc) is 2.41. The van der Waals surface area contributed by atoms with E-state index in [1.807, 2.05) is 20.8 Å². The lowest BCUT2D eigenvalue weighted by Gasteiger charge is -2.41. The Morgan fingerprint density at radius 2 is 1.30 bits per heavy atom. The number of amides is 3. The largest absolute Gasteiger partial charge is 0.444 e. The maximum absolute atomic E-state index is 12.8. The summed E-state index contributed by atoms with van der Waals surface area (Å²) in [5.41, 5.74) is -1.78. The number of carbonyl (C=O) groups is 3. The smallest absolute Gasteiger partial charge is 0.411 e. The molecule has 1 fully saturated rings. The maximum Gasteiger partial charge on any atom is 0.411 e. The highest BCUT2D eigenvalue weighted by molar-refractivity contribution is 5.87. The summed E-state index contributed by atoms with van der Waals surface area (Å²) in [6.07, 6.45) is -1.07. The Bertz CT molecular complexity index is 569. The Balaban J connectivity index is 3.00. The van der Waals surface area contributed by atoms with Crippen molar-refractivity contribution in [2.24, 2.45) is 0 Å². The van der Waals surface area contributed by atoms with Crippen LogP contribution in [0.5, 0.6) is 0 Å². The summed E-state index contributed by atoms with van der Waals surface area (Å²) >= 11 is 0. The first-order valence-corrected chi connectivity index (χ1v) is 9.28. The van der Waals surface area contributed by atoms with Crippen LogP contribution in [-0.4, -0.2) is 70.3 Å². The summed E-state index contributed by atoms with van der Waals surface area (Å²) in [5.74, 6) is -0.332. The molecule has 8 nitrogen and oxygen atoms in total. The summed E-state index contributed by atoms with van der Waals surface area (Å²) in [7, 11) is 0. The standard InChI is InChI=1S/C19H35N3O5/c1-17(2,3)20-14(23)13-12-21(15(24)26-18(4,5)6)10-11-22(13)16(25)27-19(7,8)9/h13H,10-12H2,1-9H3,(H,20,23)/t13-/m1/s1. The molecule has 1 N–H and O–H groups in total. The fourth-order valence-electron chi connectivity index (χ4n) is 2.49. The lowest BCUT2D eigenvalue weighted by molar-refractivity contribution is -0.130. The molecular weight excluding hydrogens is 350 g/mol. The fraction of sp³-hybridized carbons (Fsp3) is 0.842. The van der Waals surface area contributed by atoms with Gasteiger partial charge in [-0.3, -0.25) is 9.69 Å². The zero-order valence-electron chi connectivity index (χ0n) is 18.1. The number of nitrogens with one attached hydrogen (secondary N) is 1. The lowest BCUT2D eigenvalue weighted by Crippen LogP contribution is -2.63. The van der Waals surface area contributed by atoms with E-state index >= 15 is 0 Å². The minimum atomic E-state index is -0.847. The summed E-state index contributed by atoms with van der Waals surface area (Å²) in [4.78, 5) is 40.6. The number of hydrogen-bond donors (Lipinski definition) is 1. The van der Waals surface area contributed by atoms with E-state index in [0.29, 0.717) is 0 Å². The zero-order valence-corrected chi connectivity index (χ0v) is 18.1. The van der Waals surface area contributed by atoms with Crippen molar-refractivity contribution in [1.82, 2.24) is 15.1 Å². The molecule has 0 aromatic carbocycles. The molecule has 0 aromatic rings. The third-order valence-corrected chi connectivity index (χ3v) is 3.46. The Morgan fingerprint density at radius 3 is 1.74 bits per heavy atom. The van der Waals surface area contributed by atoms with E-state index in [1.165, 1.54) is 9.80 Å². The van der Waals surface area contributed by atoms with E-state index < -0.39 is 35.0 Å². The van der Waals surface area contributed by atoms with Crippen molar-refractivity contribution in [1.29, 1.82) is 0 Å². The van der Waals surface area contributed by atoms with Crippen LogP contribution in [0.1, 0.15) is 62.3 Å².